The van der Waals surface area contributed by atoms with Gasteiger partial charge in [0.2, 0.25) is 11.8 Å². The molecule has 1 aliphatic rings. The highest BCUT2D eigenvalue weighted by Crippen LogP contribution is 2.38. The topological polar surface area (TPSA) is 61.4 Å². The van der Waals surface area contributed by atoms with E-state index in [1.165, 1.54) is 0 Å². The standard InChI is InChI=1S/C23H29N3O2/c1-5-26(6-2)15-20(27)24-17-13-11-16(12-14-17)21-18-9-7-8-10-19(18)23(3,4)22(28)25-21/h7-14,21H,5-6,15H2,1-4H3,(H,24,27)(H,25,28). The van der Waals surface area contributed by atoms with Crippen molar-refractivity contribution >= 4 is 17.5 Å². The Morgan fingerprint density at radius 1 is 1.07 bits per heavy atom. The second-order valence-corrected chi connectivity index (χ2v) is 7.75. The predicted octanol–water partition coefficient (Wildman–Crippen LogP) is 3.46. The smallest absolute Gasteiger partial charge is 0.238 e. The lowest BCUT2D eigenvalue weighted by atomic mass is 9.75. The molecule has 0 fully saturated rings. The van der Waals surface area contributed by atoms with Crippen LogP contribution in [0.25, 0.3) is 0 Å². The molecule has 2 aromatic carbocycles. The van der Waals surface area contributed by atoms with Gasteiger partial charge in [-0.2, -0.15) is 0 Å². The first-order valence-corrected chi connectivity index (χ1v) is 9.89. The molecule has 1 aliphatic heterocycles. The maximum absolute atomic E-state index is 12.7. The van der Waals surface area contributed by atoms with E-state index in [-0.39, 0.29) is 17.9 Å². The molecule has 28 heavy (non-hydrogen) atoms. The number of carbonyl (C=O) groups is 2. The summed E-state index contributed by atoms with van der Waals surface area (Å²) in [5.74, 6) is 0.00214. The Labute approximate surface area is 167 Å². The van der Waals surface area contributed by atoms with Crippen LogP contribution in [0.2, 0.25) is 0 Å². The van der Waals surface area contributed by atoms with E-state index >= 15 is 0 Å². The van der Waals surface area contributed by atoms with Crippen LogP contribution in [0.4, 0.5) is 5.69 Å². The van der Waals surface area contributed by atoms with Gasteiger partial charge in [0.15, 0.2) is 0 Å². The van der Waals surface area contributed by atoms with Crippen molar-refractivity contribution in [2.45, 2.75) is 39.2 Å². The molecule has 1 atom stereocenters. The Bertz CT molecular complexity index is 854. The number of nitrogens with one attached hydrogen (secondary N) is 2. The van der Waals surface area contributed by atoms with Gasteiger partial charge in [-0.3, -0.25) is 14.5 Å². The van der Waals surface area contributed by atoms with E-state index in [9.17, 15) is 9.59 Å². The lowest BCUT2D eigenvalue weighted by molar-refractivity contribution is -0.127. The molecule has 3 rings (SSSR count). The summed E-state index contributed by atoms with van der Waals surface area (Å²) in [7, 11) is 0. The molecule has 0 radical (unpaired) electrons. The zero-order valence-electron chi connectivity index (χ0n) is 17.1. The second-order valence-electron chi connectivity index (χ2n) is 7.75. The first kappa shape index (κ1) is 20.1. The number of nitrogens with zero attached hydrogens (tertiary/aromatic N) is 1. The average Bonchev–Trinajstić information content (AvgIpc) is 2.70. The minimum Gasteiger partial charge on any atom is -0.344 e. The maximum Gasteiger partial charge on any atom is 0.238 e. The van der Waals surface area contributed by atoms with Crippen LogP contribution < -0.4 is 10.6 Å². The quantitative estimate of drug-likeness (QED) is 0.808. The van der Waals surface area contributed by atoms with Crippen molar-refractivity contribution in [3.63, 3.8) is 0 Å². The Hall–Kier alpha value is -2.66. The number of fused-ring (bicyclic) bond motifs is 1. The molecule has 2 N–H and O–H groups in total. The van der Waals surface area contributed by atoms with Crippen LogP contribution in [0.15, 0.2) is 48.5 Å². The Morgan fingerprint density at radius 3 is 2.36 bits per heavy atom. The summed E-state index contributed by atoms with van der Waals surface area (Å²) in [4.78, 5) is 26.9. The summed E-state index contributed by atoms with van der Waals surface area (Å²) in [5.41, 5.74) is 3.38. The number of amides is 2. The van der Waals surface area contributed by atoms with Gasteiger partial charge in [0.05, 0.1) is 18.0 Å². The van der Waals surface area contributed by atoms with Crippen LogP contribution >= 0.6 is 0 Å². The molecule has 0 saturated heterocycles. The van der Waals surface area contributed by atoms with E-state index in [0.717, 1.165) is 35.5 Å². The molecule has 2 amide bonds. The van der Waals surface area contributed by atoms with Crippen molar-refractivity contribution in [2.75, 3.05) is 25.0 Å². The molecule has 0 spiro atoms. The molecular weight excluding hydrogens is 350 g/mol. The number of anilines is 1. The fourth-order valence-corrected chi connectivity index (χ4v) is 3.70. The average molecular weight is 380 g/mol. The predicted molar refractivity (Wildman–Crippen MR) is 112 cm³/mol. The summed E-state index contributed by atoms with van der Waals surface area (Å²) >= 11 is 0. The van der Waals surface area contributed by atoms with Gasteiger partial charge in [0.25, 0.3) is 0 Å². The molecule has 0 bridgehead atoms. The second kappa shape index (κ2) is 8.15. The van der Waals surface area contributed by atoms with Gasteiger partial charge < -0.3 is 10.6 Å². The number of rotatable bonds is 6. The molecule has 1 heterocycles. The van der Waals surface area contributed by atoms with E-state index in [0.29, 0.717) is 6.54 Å². The van der Waals surface area contributed by atoms with E-state index in [1.54, 1.807) is 0 Å². The van der Waals surface area contributed by atoms with Crippen LogP contribution in [0.1, 0.15) is 50.4 Å². The highest BCUT2D eigenvalue weighted by atomic mass is 16.2. The molecule has 148 valence electrons. The first-order chi connectivity index (χ1) is 13.4. The number of hydrogen-bond donors (Lipinski definition) is 2. The molecule has 0 aromatic heterocycles. The lowest BCUT2D eigenvalue weighted by Crippen LogP contribution is -2.47. The lowest BCUT2D eigenvalue weighted by Gasteiger charge is -2.37. The largest absolute Gasteiger partial charge is 0.344 e. The first-order valence-electron chi connectivity index (χ1n) is 9.89. The van der Waals surface area contributed by atoms with Gasteiger partial charge in [-0.25, -0.2) is 0 Å². The third-order valence-electron chi connectivity index (χ3n) is 5.58. The van der Waals surface area contributed by atoms with E-state index < -0.39 is 5.41 Å². The van der Waals surface area contributed by atoms with Crippen molar-refractivity contribution in [2.24, 2.45) is 0 Å². The molecule has 0 aliphatic carbocycles. The monoisotopic (exact) mass is 379 g/mol. The SMILES string of the molecule is CCN(CC)CC(=O)Nc1ccc(C2NC(=O)C(C)(C)c3ccccc32)cc1. The molecular formula is C23H29N3O2. The number of benzene rings is 2. The van der Waals surface area contributed by atoms with E-state index in [1.807, 2.05) is 70.2 Å². The van der Waals surface area contributed by atoms with E-state index in [2.05, 4.69) is 21.6 Å². The molecule has 5 nitrogen and oxygen atoms in total. The zero-order chi connectivity index (χ0) is 20.3. The minimum atomic E-state index is -0.550. The third-order valence-corrected chi connectivity index (χ3v) is 5.58. The van der Waals surface area contributed by atoms with Crippen LogP contribution in [-0.4, -0.2) is 36.3 Å². The minimum absolute atomic E-state index is 0.0190. The summed E-state index contributed by atoms with van der Waals surface area (Å²) < 4.78 is 0. The zero-order valence-corrected chi connectivity index (χ0v) is 17.1. The molecule has 5 heteroatoms. The highest BCUT2D eigenvalue weighted by Gasteiger charge is 2.39. The Balaban J connectivity index is 1.79. The number of likely N-dealkylation sites (N-methyl/N-ethyl adjacent to an activating group) is 1. The fraction of sp³-hybridized carbons (Fsp3) is 0.391. The fourth-order valence-electron chi connectivity index (χ4n) is 3.70. The number of hydrogen-bond acceptors (Lipinski definition) is 3. The van der Waals surface area contributed by atoms with Crippen molar-refractivity contribution in [1.29, 1.82) is 0 Å². The Morgan fingerprint density at radius 2 is 1.71 bits per heavy atom. The third kappa shape index (κ3) is 3.94. The molecule has 2 aromatic rings. The van der Waals surface area contributed by atoms with Gasteiger partial charge in [0.1, 0.15) is 0 Å². The summed E-state index contributed by atoms with van der Waals surface area (Å²) in [5, 5.41) is 6.09. The summed E-state index contributed by atoms with van der Waals surface area (Å²) in [6.07, 6.45) is 0. The van der Waals surface area contributed by atoms with Gasteiger partial charge in [-0.15, -0.1) is 0 Å². The van der Waals surface area contributed by atoms with Crippen molar-refractivity contribution in [3.05, 3.63) is 65.2 Å². The van der Waals surface area contributed by atoms with Crippen LogP contribution in [-0.2, 0) is 15.0 Å². The summed E-state index contributed by atoms with van der Waals surface area (Å²) in [6.45, 7) is 10.1. The number of carbonyl (C=O) groups excluding carboxylic acids is 2. The van der Waals surface area contributed by atoms with Gasteiger partial charge in [-0.1, -0.05) is 50.2 Å². The van der Waals surface area contributed by atoms with Crippen LogP contribution in [0.5, 0.6) is 0 Å². The van der Waals surface area contributed by atoms with Gasteiger partial charge in [-0.05, 0) is 55.8 Å². The van der Waals surface area contributed by atoms with Crippen LogP contribution in [0, 0.1) is 0 Å². The van der Waals surface area contributed by atoms with E-state index in [4.69, 9.17) is 0 Å². The van der Waals surface area contributed by atoms with Gasteiger partial charge in [0, 0.05) is 5.69 Å². The van der Waals surface area contributed by atoms with Crippen molar-refractivity contribution in [3.8, 4) is 0 Å². The molecule has 0 saturated carbocycles. The van der Waals surface area contributed by atoms with Crippen molar-refractivity contribution < 1.29 is 9.59 Å². The maximum atomic E-state index is 12.7. The van der Waals surface area contributed by atoms with Crippen molar-refractivity contribution in [1.82, 2.24) is 10.2 Å². The summed E-state index contributed by atoms with van der Waals surface area (Å²) in [6, 6.07) is 15.6. The normalized spacial score (nSPS) is 17.8. The van der Waals surface area contributed by atoms with Gasteiger partial charge >= 0.3 is 0 Å². The van der Waals surface area contributed by atoms with Crippen LogP contribution in [0.3, 0.4) is 0 Å². The Kier molecular flexibility index (Phi) is 5.84. The highest BCUT2D eigenvalue weighted by molar-refractivity contribution is 5.92. The molecule has 1 unspecified atom stereocenters.